The Morgan fingerprint density at radius 2 is 1.82 bits per heavy atom. The molecule has 3 rings (SSSR count). The van der Waals surface area contributed by atoms with Gasteiger partial charge in [0.1, 0.15) is 6.04 Å². The summed E-state index contributed by atoms with van der Waals surface area (Å²) in [6, 6.07) is 8.77. The quantitative estimate of drug-likeness (QED) is 0.692. The van der Waals surface area contributed by atoms with Gasteiger partial charge in [-0.05, 0) is 31.4 Å². The maximum absolute atomic E-state index is 12.2. The van der Waals surface area contributed by atoms with E-state index < -0.39 is 0 Å². The number of hydrogen-bond acceptors (Lipinski definition) is 2. The maximum Gasteiger partial charge on any atom is 0.332 e. The average Bonchev–Trinajstić information content (AvgIpc) is 2.64. The van der Waals surface area contributed by atoms with Gasteiger partial charge in [-0.3, -0.25) is 4.79 Å². The number of hydrogen-bond donors (Lipinski definition) is 0. The van der Waals surface area contributed by atoms with Gasteiger partial charge in [-0.1, -0.05) is 18.2 Å². The highest BCUT2D eigenvalue weighted by Gasteiger charge is 2.46. The summed E-state index contributed by atoms with van der Waals surface area (Å²) in [6.45, 7) is 0.707. The van der Waals surface area contributed by atoms with Crippen molar-refractivity contribution in [1.29, 1.82) is 0 Å². The summed E-state index contributed by atoms with van der Waals surface area (Å²) in [5.74, 6) is -0.0686. The average molecular weight is 230 g/mol. The first kappa shape index (κ1) is 10.3. The van der Waals surface area contributed by atoms with E-state index in [1.165, 1.54) is 4.90 Å². The molecule has 1 aromatic rings. The normalized spacial score (nSPS) is 24.1. The van der Waals surface area contributed by atoms with Crippen LogP contribution in [-0.4, -0.2) is 29.4 Å². The molecule has 1 unspecified atom stereocenters. The largest absolute Gasteiger partial charge is 0.332 e. The van der Waals surface area contributed by atoms with Crippen LogP contribution in [0.15, 0.2) is 30.3 Å². The lowest BCUT2D eigenvalue weighted by molar-refractivity contribution is -0.120. The lowest BCUT2D eigenvalue weighted by Gasteiger charge is -2.25. The van der Waals surface area contributed by atoms with Crippen molar-refractivity contribution in [2.75, 3.05) is 11.4 Å². The zero-order chi connectivity index (χ0) is 11.8. The molecule has 0 aromatic heterocycles. The van der Waals surface area contributed by atoms with Gasteiger partial charge in [-0.25, -0.2) is 9.69 Å². The highest BCUT2D eigenvalue weighted by atomic mass is 16.2. The van der Waals surface area contributed by atoms with Crippen LogP contribution in [0.1, 0.15) is 19.3 Å². The third-order valence-electron chi connectivity index (χ3n) is 3.46. The van der Waals surface area contributed by atoms with E-state index in [0.29, 0.717) is 12.2 Å². The Morgan fingerprint density at radius 3 is 2.53 bits per heavy atom. The maximum atomic E-state index is 12.2. The highest BCUT2D eigenvalue weighted by molar-refractivity contribution is 6.21. The number of urea groups is 1. The number of imide groups is 1. The van der Waals surface area contributed by atoms with Crippen LogP contribution in [0.25, 0.3) is 0 Å². The number of fused-ring (bicyclic) bond motifs is 1. The Morgan fingerprint density at radius 1 is 1.06 bits per heavy atom. The molecule has 4 nitrogen and oxygen atoms in total. The van der Waals surface area contributed by atoms with Gasteiger partial charge >= 0.3 is 6.03 Å². The third kappa shape index (κ3) is 1.52. The van der Waals surface area contributed by atoms with Crippen LogP contribution in [0.2, 0.25) is 0 Å². The first-order chi connectivity index (χ1) is 8.29. The summed E-state index contributed by atoms with van der Waals surface area (Å²) < 4.78 is 0. The smallest absolute Gasteiger partial charge is 0.312 e. The van der Waals surface area contributed by atoms with Crippen LogP contribution in [0.4, 0.5) is 10.5 Å². The van der Waals surface area contributed by atoms with Crippen LogP contribution in [0.3, 0.4) is 0 Å². The number of nitrogens with zero attached hydrogens (tertiary/aromatic N) is 2. The van der Waals surface area contributed by atoms with E-state index in [-0.39, 0.29) is 18.0 Å². The molecule has 1 atom stereocenters. The van der Waals surface area contributed by atoms with E-state index in [4.69, 9.17) is 0 Å². The van der Waals surface area contributed by atoms with Gasteiger partial charge in [0.2, 0.25) is 0 Å². The van der Waals surface area contributed by atoms with Crippen molar-refractivity contribution in [3.05, 3.63) is 30.3 Å². The first-order valence-electron chi connectivity index (χ1n) is 5.98. The number of amides is 3. The second kappa shape index (κ2) is 3.87. The number of para-hydroxylation sites is 1. The van der Waals surface area contributed by atoms with Crippen molar-refractivity contribution >= 4 is 17.6 Å². The molecule has 2 saturated heterocycles. The Balaban J connectivity index is 1.96. The van der Waals surface area contributed by atoms with Gasteiger partial charge in [0.05, 0.1) is 5.69 Å². The predicted molar refractivity (Wildman–Crippen MR) is 63.7 cm³/mol. The van der Waals surface area contributed by atoms with E-state index in [1.807, 2.05) is 18.2 Å². The Hall–Kier alpha value is -1.84. The topological polar surface area (TPSA) is 40.6 Å². The van der Waals surface area contributed by atoms with E-state index >= 15 is 0 Å². The van der Waals surface area contributed by atoms with E-state index in [1.54, 1.807) is 17.0 Å². The van der Waals surface area contributed by atoms with Crippen LogP contribution < -0.4 is 4.90 Å². The SMILES string of the molecule is O=C1C2CCCCN2C(=O)N1c1ccccc1. The monoisotopic (exact) mass is 230 g/mol. The molecule has 3 amide bonds. The number of piperidine rings is 1. The van der Waals surface area contributed by atoms with Gasteiger partial charge in [-0.2, -0.15) is 0 Å². The van der Waals surface area contributed by atoms with E-state index in [0.717, 1.165) is 19.3 Å². The molecule has 2 heterocycles. The van der Waals surface area contributed by atoms with Crippen molar-refractivity contribution in [3.8, 4) is 0 Å². The van der Waals surface area contributed by atoms with E-state index in [9.17, 15) is 9.59 Å². The highest BCUT2D eigenvalue weighted by Crippen LogP contribution is 2.30. The predicted octanol–water partition coefficient (Wildman–Crippen LogP) is 2.01. The number of rotatable bonds is 1. The minimum absolute atomic E-state index is 0.0686. The van der Waals surface area contributed by atoms with E-state index in [2.05, 4.69) is 0 Å². The van der Waals surface area contributed by atoms with Gasteiger partial charge in [0, 0.05) is 6.54 Å². The lowest BCUT2D eigenvalue weighted by atomic mass is 10.0. The van der Waals surface area contributed by atoms with Gasteiger partial charge in [0.15, 0.2) is 0 Å². The molecule has 0 aliphatic carbocycles. The van der Waals surface area contributed by atoms with Crippen LogP contribution in [0, 0.1) is 0 Å². The fourth-order valence-corrected chi connectivity index (χ4v) is 2.60. The molecule has 1 aromatic carbocycles. The second-order valence-corrected chi connectivity index (χ2v) is 4.50. The molecular weight excluding hydrogens is 216 g/mol. The van der Waals surface area contributed by atoms with Gasteiger partial charge < -0.3 is 4.90 Å². The molecule has 0 spiro atoms. The number of carbonyl (C=O) groups is 2. The Labute approximate surface area is 99.8 Å². The molecular formula is C13H14N2O2. The van der Waals surface area contributed by atoms with Crippen molar-refractivity contribution in [2.45, 2.75) is 25.3 Å². The number of anilines is 1. The summed E-state index contributed by atoms with van der Waals surface area (Å²) >= 11 is 0. The Bertz CT molecular complexity index is 434. The van der Waals surface area contributed by atoms with Crippen LogP contribution >= 0.6 is 0 Å². The second-order valence-electron chi connectivity index (χ2n) is 4.50. The molecule has 0 N–H and O–H groups in total. The Kier molecular flexibility index (Phi) is 2.35. The standard InChI is InChI=1S/C13H14N2O2/c16-12-11-8-4-5-9-14(11)13(17)15(12)10-6-2-1-3-7-10/h1-3,6-7,11H,4-5,8-9H2. The van der Waals surface area contributed by atoms with Crippen molar-refractivity contribution in [3.63, 3.8) is 0 Å². The molecule has 88 valence electrons. The minimum atomic E-state index is -0.226. The molecule has 0 bridgehead atoms. The molecule has 4 heteroatoms. The summed E-state index contributed by atoms with van der Waals surface area (Å²) in [7, 11) is 0. The number of benzene rings is 1. The molecule has 0 saturated carbocycles. The summed E-state index contributed by atoms with van der Waals surface area (Å²) in [4.78, 5) is 27.4. The van der Waals surface area contributed by atoms with Gasteiger partial charge in [0.25, 0.3) is 5.91 Å². The fraction of sp³-hybridized carbons (Fsp3) is 0.385. The van der Waals surface area contributed by atoms with Crippen molar-refractivity contribution in [2.24, 2.45) is 0 Å². The molecule has 2 fully saturated rings. The number of carbonyl (C=O) groups excluding carboxylic acids is 2. The minimum Gasteiger partial charge on any atom is -0.312 e. The fourth-order valence-electron chi connectivity index (χ4n) is 2.60. The first-order valence-corrected chi connectivity index (χ1v) is 5.98. The zero-order valence-corrected chi connectivity index (χ0v) is 9.50. The lowest BCUT2D eigenvalue weighted by Crippen LogP contribution is -2.39. The van der Waals surface area contributed by atoms with Crippen LogP contribution in [-0.2, 0) is 4.79 Å². The molecule has 17 heavy (non-hydrogen) atoms. The summed E-state index contributed by atoms with van der Waals surface area (Å²) in [5.41, 5.74) is 0.678. The zero-order valence-electron chi connectivity index (χ0n) is 9.50. The van der Waals surface area contributed by atoms with Gasteiger partial charge in [-0.15, -0.1) is 0 Å². The third-order valence-corrected chi connectivity index (χ3v) is 3.46. The van der Waals surface area contributed by atoms with Crippen molar-refractivity contribution in [1.82, 2.24) is 4.90 Å². The molecule has 2 aliphatic rings. The molecule has 2 aliphatic heterocycles. The summed E-state index contributed by atoms with van der Waals surface area (Å²) in [5, 5.41) is 0. The summed E-state index contributed by atoms with van der Waals surface area (Å²) in [6.07, 6.45) is 2.83. The van der Waals surface area contributed by atoms with Crippen molar-refractivity contribution < 1.29 is 9.59 Å². The molecule has 0 radical (unpaired) electrons. The van der Waals surface area contributed by atoms with Crippen LogP contribution in [0.5, 0.6) is 0 Å².